The van der Waals surface area contributed by atoms with Gasteiger partial charge in [-0.2, -0.15) is 0 Å². The molecule has 0 saturated heterocycles. The van der Waals surface area contributed by atoms with Gasteiger partial charge in [0.15, 0.2) is 0 Å². The molecule has 4 heteroatoms. The zero-order valence-corrected chi connectivity index (χ0v) is 14.8. The number of aromatic carboxylic acids is 1. The van der Waals surface area contributed by atoms with E-state index in [9.17, 15) is 9.90 Å². The Labute approximate surface area is 144 Å². The molecule has 0 unspecified atom stereocenters. The van der Waals surface area contributed by atoms with Crippen molar-refractivity contribution < 1.29 is 9.90 Å². The fourth-order valence-electron chi connectivity index (χ4n) is 2.25. The van der Waals surface area contributed by atoms with E-state index in [0.717, 1.165) is 15.6 Å². The highest BCUT2D eigenvalue weighted by Crippen LogP contribution is 2.20. The minimum Gasteiger partial charge on any atom is -0.478 e. The number of carbonyl (C=O) groups is 1. The third kappa shape index (κ3) is 4.73. The Morgan fingerprint density at radius 2 is 1.82 bits per heavy atom. The molecule has 0 saturated carbocycles. The third-order valence-corrected chi connectivity index (χ3v) is 4.21. The molecule has 0 heterocycles. The number of carboxylic acid groups (broad SMARTS) is 1. The second-order valence-electron chi connectivity index (χ2n) is 5.27. The average Bonchev–Trinajstić information content (AvgIpc) is 2.52. The molecule has 0 aliphatic carbocycles. The first kappa shape index (κ1) is 16.8. The van der Waals surface area contributed by atoms with Crippen LogP contribution in [0.25, 0.3) is 0 Å². The highest BCUT2D eigenvalue weighted by atomic mass is 127. The number of carboxylic acids is 1. The van der Waals surface area contributed by atoms with Gasteiger partial charge in [-0.15, -0.1) is 0 Å². The van der Waals surface area contributed by atoms with E-state index in [4.69, 9.17) is 0 Å². The Kier molecular flexibility index (Phi) is 6.24. The molecule has 0 aliphatic rings. The number of anilines is 1. The third-order valence-electron chi connectivity index (χ3n) is 3.54. The minimum absolute atomic E-state index is 0.312. The van der Waals surface area contributed by atoms with Gasteiger partial charge in [0.2, 0.25) is 0 Å². The van der Waals surface area contributed by atoms with Crippen molar-refractivity contribution in [2.24, 2.45) is 0 Å². The molecule has 116 valence electrons. The van der Waals surface area contributed by atoms with Crippen LogP contribution in [0.3, 0.4) is 0 Å². The van der Waals surface area contributed by atoms with E-state index in [0.29, 0.717) is 17.8 Å². The van der Waals surface area contributed by atoms with Crippen LogP contribution in [0.1, 0.15) is 41.3 Å². The van der Waals surface area contributed by atoms with Crippen molar-refractivity contribution in [3.05, 3.63) is 62.7 Å². The summed E-state index contributed by atoms with van der Waals surface area (Å²) in [4.78, 5) is 11.3. The molecule has 0 fully saturated rings. The van der Waals surface area contributed by atoms with Gasteiger partial charge in [0.05, 0.1) is 5.56 Å². The first-order valence-corrected chi connectivity index (χ1v) is 8.52. The summed E-state index contributed by atoms with van der Waals surface area (Å²) in [6.07, 6.45) is 3.53. The van der Waals surface area contributed by atoms with Crippen molar-refractivity contribution in [3.8, 4) is 0 Å². The Hall–Kier alpha value is -1.56. The predicted octanol–water partition coefficient (Wildman–Crippen LogP) is 4.94. The van der Waals surface area contributed by atoms with Crippen LogP contribution in [0, 0.1) is 3.57 Å². The number of hydrogen-bond acceptors (Lipinski definition) is 2. The predicted molar refractivity (Wildman–Crippen MR) is 98.5 cm³/mol. The van der Waals surface area contributed by atoms with Crippen LogP contribution >= 0.6 is 22.6 Å². The Balaban J connectivity index is 2.02. The molecule has 0 amide bonds. The summed E-state index contributed by atoms with van der Waals surface area (Å²) in [7, 11) is 0. The minimum atomic E-state index is -0.907. The summed E-state index contributed by atoms with van der Waals surface area (Å²) in [5, 5.41) is 12.5. The quantitative estimate of drug-likeness (QED) is 0.637. The molecule has 22 heavy (non-hydrogen) atoms. The van der Waals surface area contributed by atoms with Crippen molar-refractivity contribution in [1.82, 2.24) is 0 Å². The van der Waals surface area contributed by atoms with Crippen molar-refractivity contribution in [3.63, 3.8) is 0 Å². The number of benzene rings is 2. The van der Waals surface area contributed by atoms with E-state index in [-0.39, 0.29) is 0 Å². The summed E-state index contributed by atoms with van der Waals surface area (Å²) in [6, 6.07) is 13.9. The van der Waals surface area contributed by atoms with Gasteiger partial charge >= 0.3 is 5.97 Å². The van der Waals surface area contributed by atoms with Gasteiger partial charge in [-0.1, -0.05) is 37.6 Å². The lowest BCUT2D eigenvalue weighted by Crippen LogP contribution is -2.06. The monoisotopic (exact) mass is 409 g/mol. The molecule has 2 rings (SSSR count). The van der Waals surface area contributed by atoms with E-state index < -0.39 is 5.97 Å². The van der Waals surface area contributed by atoms with Gasteiger partial charge in [0.25, 0.3) is 0 Å². The zero-order valence-electron chi connectivity index (χ0n) is 12.6. The Morgan fingerprint density at radius 1 is 1.14 bits per heavy atom. The second kappa shape index (κ2) is 8.17. The summed E-state index contributed by atoms with van der Waals surface area (Å²) in [6.45, 7) is 2.81. The molecule has 0 radical (unpaired) electrons. The summed E-state index contributed by atoms with van der Waals surface area (Å²) in [5.41, 5.74) is 3.47. The Bertz CT molecular complexity index is 638. The number of hydrogen-bond donors (Lipinski definition) is 2. The first-order valence-electron chi connectivity index (χ1n) is 7.44. The lowest BCUT2D eigenvalue weighted by atomic mass is 10.1. The molecular weight excluding hydrogens is 389 g/mol. The van der Waals surface area contributed by atoms with Gasteiger partial charge in [-0.05, 0) is 64.8 Å². The average molecular weight is 409 g/mol. The SMILES string of the molecule is CCCCc1ccc(CNc2ccc(I)cc2C(=O)O)cc1. The topological polar surface area (TPSA) is 49.3 Å². The lowest BCUT2D eigenvalue weighted by Gasteiger charge is -2.10. The van der Waals surface area contributed by atoms with Crippen LogP contribution < -0.4 is 5.32 Å². The van der Waals surface area contributed by atoms with Gasteiger partial charge < -0.3 is 10.4 Å². The maximum Gasteiger partial charge on any atom is 0.337 e. The standard InChI is InChI=1S/C18H20INO2/c1-2-3-4-13-5-7-14(8-6-13)12-20-17-10-9-15(19)11-16(17)18(21)22/h5-11,20H,2-4,12H2,1H3,(H,21,22). The van der Waals surface area contributed by atoms with E-state index in [1.807, 2.05) is 12.1 Å². The molecule has 3 nitrogen and oxygen atoms in total. The van der Waals surface area contributed by atoms with E-state index in [1.54, 1.807) is 6.07 Å². The molecular formula is C18H20INO2. The molecule has 2 N–H and O–H groups in total. The largest absolute Gasteiger partial charge is 0.478 e. The van der Waals surface area contributed by atoms with Crippen molar-refractivity contribution in [2.45, 2.75) is 32.7 Å². The second-order valence-corrected chi connectivity index (χ2v) is 6.51. The maximum absolute atomic E-state index is 11.3. The zero-order chi connectivity index (χ0) is 15.9. The molecule has 0 bridgehead atoms. The van der Waals surface area contributed by atoms with Gasteiger partial charge in [0.1, 0.15) is 0 Å². The van der Waals surface area contributed by atoms with Crippen molar-refractivity contribution >= 4 is 34.2 Å². The van der Waals surface area contributed by atoms with Crippen LogP contribution in [0.5, 0.6) is 0 Å². The highest BCUT2D eigenvalue weighted by Gasteiger charge is 2.10. The number of nitrogens with one attached hydrogen (secondary N) is 1. The molecule has 2 aromatic rings. The fourth-order valence-corrected chi connectivity index (χ4v) is 2.74. The lowest BCUT2D eigenvalue weighted by molar-refractivity contribution is 0.0698. The van der Waals surface area contributed by atoms with E-state index >= 15 is 0 Å². The number of halogens is 1. The van der Waals surface area contributed by atoms with Crippen LogP contribution in [0.15, 0.2) is 42.5 Å². The molecule has 0 aliphatic heterocycles. The Morgan fingerprint density at radius 3 is 2.45 bits per heavy atom. The molecule has 0 aromatic heterocycles. The first-order chi connectivity index (χ1) is 10.6. The van der Waals surface area contributed by atoms with Crippen LogP contribution in [-0.4, -0.2) is 11.1 Å². The smallest absolute Gasteiger partial charge is 0.337 e. The molecule has 0 spiro atoms. The van der Waals surface area contributed by atoms with Crippen LogP contribution in [0.4, 0.5) is 5.69 Å². The van der Waals surface area contributed by atoms with Gasteiger partial charge in [0, 0.05) is 15.8 Å². The summed E-state index contributed by atoms with van der Waals surface area (Å²) in [5.74, 6) is -0.907. The molecule has 0 atom stereocenters. The van der Waals surface area contributed by atoms with Crippen LogP contribution in [0.2, 0.25) is 0 Å². The number of aryl methyl sites for hydroxylation is 1. The van der Waals surface area contributed by atoms with Gasteiger partial charge in [-0.25, -0.2) is 4.79 Å². The maximum atomic E-state index is 11.3. The van der Waals surface area contributed by atoms with E-state index in [2.05, 4.69) is 59.1 Å². The summed E-state index contributed by atoms with van der Waals surface area (Å²) >= 11 is 2.12. The van der Waals surface area contributed by atoms with Gasteiger partial charge in [-0.3, -0.25) is 0 Å². The van der Waals surface area contributed by atoms with Crippen molar-refractivity contribution in [2.75, 3.05) is 5.32 Å². The van der Waals surface area contributed by atoms with Crippen molar-refractivity contribution in [1.29, 1.82) is 0 Å². The molecule has 2 aromatic carbocycles. The van der Waals surface area contributed by atoms with Crippen LogP contribution in [-0.2, 0) is 13.0 Å². The fraction of sp³-hybridized carbons (Fsp3) is 0.278. The summed E-state index contributed by atoms with van der Waals surface area (Å²) < 4.78 is 0.917. The number of rotatable bonds is 7. The number of unbranched alkanes of at least 4 members (excludes halogenated alkanes) is 1. The normalized spacial score (nSPS) is 10.5. The highest BCUT2D eigenvalue weighted by molar-refractivity contribution is 14.1. The van der Waals surface area contributed by atoms with E-state index in [1.165, 1.54) is 18.4 Å².